The van der Waals surface area contributed by atoms with E-state index in [2.05, 4.69) is 72.6 Å². The summed E-state index contributed by atoms with van der Waals surface area (Å²) in [6.07, 6.45) is 0. The molecule has 0 aliphatic carbocycles. The summed E-state index contributed by atoms with van der Waals surface area (Å²) in [4.78, 5) is 3.54. The van der Waals surface area contributed by atoms with Crippen LogP contribution in [0.1, 0.15) is 16.8 Å². The van der Waals surface area contributed by atoms with Crippen molar-refractivity contribution >= 4 is 50.0 Å². The van der Waals surface area contributed by atoms with Crippen LogP contribution < -0.4 is 5.73 Å². The highest BCUT2D eigenvalue weighted by molar-refractivity contribution is 14.1. The largest absolute Gasteiger partial charge is 0.507 e. The molecule has 0 saturated heterocycles. The molecular formula is C21H19IN2O. The van der Waals surface area contributed by atoms with Crippen molar-refractivity contribution in [1.82, 2.24) is 4.98 Å². The number of hydrogen-bond acceptors (Lipinski definition) is 2. The van der Waals surface area contributed by atoms with Crippen LogP contribution in [0.15, 0.2) is 36.4 Å². The predicted octanol–water partition coefficient (Wildman–Crippen LogP) is 5.81. The van der Waals surface area contributed by atoms with Crippen LogP contribution in [0.3, 0.4) is 0 Å². The maximum absolute atomic E-state index is 10.3. The van der Waals surface area contributed by atoms with Gasteiger partial charge in [-0.25, -0.2) is 0 Å². The quantitative estimate of drug-likeness (QED) is 0.258. The van der Waals surface area contributed by atoms with Crippen LogP contribution in [-0.2, 0) is 0 Å². The topological polar surface area (TPSA) is 62.0 Å². The molecule has 4 rings (SSSR count). The number of fused-ring (bicyclic) bond motifs is 2. The van der Waals surface area contributed by atoms with E-state index in [1.807, 2.05) is 12.1 Å². The van der Waals surface area contributed by atoms with E-state index >= 15 is 0 Å². The number of phenols is 1. The van der Waals surface area contributed by atoms with Crippen LogP contribution in [0.4, 0.5) is 5.69 Å². The number of aromatic nitrogens is 1. The Bertz CT molecular complexity index is 1130. The molecule has 25 heavy (non-hydrogen) atoms. The normalized spacial score (nSPS) is 11.5. The van der Waals surface area contributed by atoms with Crippen molar-refractivity contribution in [1.29, 1.82) is 0 Å². The average Bonchev–Trinajstić information content (AvgIpc) is 2.89. The highest BCUT2D eigenvalue weighted by Gasteiger charge is 2.19. The van der Waals surface area contributed by atoms with Gasteiger partial charge in [0.2, 0.25) is 0 Å². The van der Waals surface area contributed by atoms with Crippen molar-refractivity contribution in [2.24, 2.45) is 0 Å². The van der Waals surface area contributed by atoms with E-state index in [4.69, 9.17) is 5.73 Å². The number of hydrogen-bond donors (Lipinski definition) is 3. The minimum Gasteiger partial charge on any atom is -0.507 e. The Morgan fingerprint density at radius 2 is 1.68 bits per heavy atom. The van der Waals surface area contributed by atoms with Crippen molar-refractivity contribution in [3.8, 4) is 16.9 Å². The maximum atomic E-state index is 10.3. The third-order valence-corrected chi connectivity index (χ3v) is 6.27. The van der Waals surface area contributed by atoms with E-state index in [0.29, 0.717) is 9.26 Å². The number of nitrogens with one attached hydrogen (secondary N) is 1. The number of halogens is 1. The first-order valence-electron chi connectivity index (χ1n) is 8.18. The molecule has 4 aromatic rings. The lowest BCUT2D eigenvalue weighted by atomic mass is 9.90. The number of nitrogen functional groups attached to an aromatic ring is 1. The van der Waals surface area contributed by atoms with Crippen molar-refractivity contribution in [3.63, 3.8) is 0 Å². The van der Waals surface area contributed by atoms with Crippen LogP contribution in [-0.4, -0.2) is 10.1 Å². The molecule has 3 aromatic carbocycles. The van der Waals surface area contributed by atoms with E-state index in [0.717, 1.165) is 22.3 Å². The molecule has 0 fully saturated rings. The summed E-state index contributed by atoms with van der Waals surface area (Å²) >= 11 is 2.08. The summed E-state index contributed by atoms with van der Waals surface area (Å²) in [5.74, 6) is 0.221. The summed E-state index contributed by atoms with van der Waals surface area (Å²) in [6, 6.07) is 12.2. The molecule has 1 aromatic heterocycles. The molecule has 0 unspecified atom stereocenters. The number of nitrogens with two attached hydrogens (primary N) is 1. The molecule has 0 spiro atoms. The number of benzene rings is 3. The SMILES string of the molecule is Cc1[nH]c2c(C)c3ccccc3c(-c3cc(N)c(I)c(O)c3)c2c1C. The first-order valence-corrected chi connectivity index (χ1v) is 9.26. The Labute approximate surface area is 160 Å². The maximum Gasteiger partial charge on any atom is 0.131 e. The van der Waals surface area contributed by atoms with Crippen LogP contribution >= 0.6 is 22.6 Å². The molecule has 3 nitrogen and oxygen atoms in total. The van der Waals surface area contributed by atoms with Gasteiger partial charge in [0.05, 0.1) is 9.09 Å². The van der Waals surface area contributed by atoms with Gasteiger partial charge >= 0.3 is 0 Å². The zero-order chi connectivity index (χ0) is 17.9. The van der Waals surface area contributed by atoms with Crippen LogP contribution in [0.25, 0.3) is 32.8 Å². The van der Waals surface area contributed by atoms with E-state index in [-0.39, 0.29) is 5.75 Å². The molecule has 4 N–H and O–H groups in total. The monoisotopic (exact) mass is 442 g/mol. The van der Waals surface area contributed by atoms with Gasteiger partial charge in [0.15, 0.2) is 0 Å². The Kier molecular flexibility index (Phi) is 3.68. The summed E-state index contributed by atoms with van der Waals surface area (Å²) in [5, 5.41) is 13.9. The second-order valence-corrected chi connectivity index (χ2v) is 7.65. The highest BCUT2D eigenvalue weighted by Crippen LogP contribution is 2.43. The van der Waals surface area contributed by atoms with Gasteiger partial charge in [0.25, 0.3) is 0 Å². The highest BCUT2D eigenvalue weighted by atomic mass is 127. The predicted molar refractivity (Wildman–Crippen MR) is 114 cm³/mol. The fourth-order valence-electron chi connectivity index (χ4n) is 3.69. The molecule has 0 aliphatic rings. The van der Waals surface area contributed by atoms with Crippen LogP contribution in [0.2, 0.25) is 0 Å². The lowest BCUT2D eigenvalue weighted by Crippen LogP contribution is -1.93. The van der Waals surface area contributed by atoms with Crippen molar-refractivity contribution in [2.45, 2.75) is 20.8 Å². The summed E-state index contributed by atoms with van der Waals surface area (Å²) in [7, 11) is 0. The molecule has 0 amide bonds. The number of anilines is 1. The third-order valence-electron chi connectivity index (χ3n) is 5.10. The minimum absolute atomic E-state index is 0.221. The van der Waals surface area contributed by atoms with Crippen molar-refractivity contribution in [2.75, 3.05) is 5.73 Å². The van der Waals surface area contributed by atoms with Crippen molar-refractivity contribution < 1.29 is 5.11 Å². The number of phenolic OH excluding ortho intramolecular Hbond substituents is 1. The lowest BCUT2D eigenvalue weighted by Gasteiger charge is -2.15. The summed E-state index contributed by atoms with van der Waals surface area (Å²) in [5.41, 5.74) is 13.6. The standard InChI is InChI=1S/C21H19IN2O/c1-10-12(3)24-21-11(2)14-6-4-5-7-15(14)19(18(10)21)13-8-16(23)20(22)17(25)9-13/h4-9,24-25H,23H2,1-3H3. The molecular weight excluding hydrogens is 423 g/mol. The third kappa shape index (κ3) is 2.31. The van der Waals surface area contributed by atoms with Gasteiger partial charge in [-0.15, -0.1) is 0 Å². The van der Waals surface area contributed by atoms with Gasteiger partial charge in [0.1, 0.15) is 5.75 Å². The molecule has 0 radical (unpaired) electrons. The molecule has 0 bridgehead atoms. The minimum atomic E-state index is 0.221. The van der Waals surface area contributed by atoms with Gasteiger partial charge in [0, 0.05) is 16.8 Å². The van der Waals surface area contributed by atoms with Gasteiger partial charge in [-0.1, -0.05) is 24.3 Å². The number of rotatable bonds is 1. The molecule has 0 saturated carbocycles. The second kappa shape index (κ2) is 5.66. The Morgan fingerprint density at radius 3 is 2.36 bits per heavy atom. The fourth-order valence-corrected chi connectivity index (χ4v) is 4.00. The van der Waals surface area contributed by atoms with E-state index in [1.54, 1.807) is 0 Å². The summed E-state index contributed by atoms with van der Waals surface area (Å²) < 4.78 is 0.691. The zero-order valence-corrected chi connectivity index (χ0v) is 16.5. The second-order valence-electron chi connectivity index (χ2n) is 6.57. The Balaban J connectivity index is 2.27. The fraction of sp³-hybridized carbons (Fsp3) is 0.143. The van der Waals surface area contributed by atoms with Gasteiger partial charge in [-0.2, -0.15) is 0 Å². The average molecular weight is 442 g/mol. The number of H-pyrrole nitrogens is 1. The molecule has 126 valence electrons. The lowest BCUT2D eigenvalue weighted by molar-refractivity contribution is 0.472. The number of aromatic hydroxyl groups is 1. The molecule has 4 heteroatoms. The van der Waals surface area contributed by atoms with E-state index in [1.165, 1.54) is 27.3 Å². The first kappa shape index (κ1) is 16.3. The van der Waals surface area contributed by atoms with Gasteiger partial charge in [-0.3, -0.25) is 0 Å². The summed E-state index contributed by atoms with van der Waals surface area (Å²) in [6.45, 7) is 6.40. The Morgan fingerprint density at radius 1 is 1.00 bits per heavy atom. The molecule has 0 aliphatic heterocycles. The van der Waals surface area contributed by atoms with Gasteiger partial charge < -0.3 is 15.8 Å². The number of aryl methyl sites for hydroxylation is 3. The van der Waals surface area contributed by atoms with Crippen molar-refractivity contribution in [3.05, 3.63) is 56.8 Å². The zero-order valence-electron chi connectivity index (χ0n) is 14.4. The molecule has 1 heterocycles. The van der Waals surface area contributed by atoms with E-state index in [9.17, 15) is 5.11 Å². The van der Waals surface area contributed by atoms with Crippen LogP contribution in [0.5, 0.6) is 5.75 Å². The van der Waals surface area contributed by atoms with Gasteiger partial charge in [-0.05, 0) is 88.5 Å². The first-order chi connectivity index (χ1) is 11.9. The number of aromatic amines is 1. The van der Waals surface area contributed by atoms with Crippen LogP contribution in [0, 0.1) is 24.3 Å². The molecule has 0 atom stereocenters. The Hall–Kier alpha value is -2.21. The smallest absolute Gasteiger partial charge is 0.131 e. The van der Waals surface area contributed by atoms with E-state index < -0.39 is 0 Å².